The Bertz CT molecular complexity index is 367. The zero-order valence-electron chi connectivity index (χ0n) is 6.14. The van der Waals surface area contributed by atoms with Crippen molar-refractivity contribution >= 4 is 21.4 Å². The van der Waals surface area contributed by atoms with Crippen molar-refractivity contribution in [2.75, 3.05) is 0 Å². The Morgan fingerprint density at radius 1 is 1.17 bits per heavy atom. The molecule has 4 heteroatoms. The molecule has 12 heavy (non-hydrogen) atoms. The molecule has 0 aliphatic carbocycles. The number of sulfone groups is 1. The lowest BCUT2D eigenvalue weighted by atomic mass is 10.4. The maximum Gasteiger partial charge on any atom is 0.200 e. The van der Waals surface area contributed by atoms with Crippen LogP contribution in [0.15, 0.2) is 46.2 Å². The highest BCUT2D eigenvalue weighted by molar-refractivity contribution is 7.94. The molecule has 0 saturated carbocycles. The molecule has 0 bridgehead atoms. The average Bonchev–Trinajstić information content (AvgIpc) is 2.06. The van der Waals surface area contributed by atoms with Crippen LogP contribution < -0.4 is 0 Å². The smallest absolute Gasteiger partial charge is 0.200 e. The van der Waals surface area contributed by atoms with Crippen LogP contribution in [0.5, 0.6) is 0 Å². The molecule has 1 aromatic rings. The number of halogens is 1. The molecule has 0 spiro atoms. The third-order valence-electron chi connectivity index (χ3n) is 1.30. The van der Waals surface area contributed by atoms with E-state index in [1.54, 1.807) is 18.2 Å². The van der Waals surface area contributed by atoms with Crippen molar-refractivity contribution in [3.8, 4) is 0 Å². The van der Waals surface area contributed by atoms with Crippen molar-refractivity contribution in [2.24, 2.45) is 0 Å². The Kier molecular flexibility index (Phi) is 2.89. The van der Waals surface area contributed by atoms with Crippen LogP contribution in [0.1, 0.15) is 0 Å². The van der Waals surface area contributed by atoms with E-state index in [1.807, 2.05) is 0 Å². The Morgan fingerprint density at radius 2 is 1.75 bits per heavy atom. The van der Waals surface area contributed by atoms with Crippen LogP contribution >= 0.6 is 11.6 Å². The van der Waals surface area contributed by atoms with Gasteiger partial charge in [-0.15, -0.1) is 0 Å². The summed E-state index contributed by atoms with van der Waals surface area (Å²) in [6.07, 6.45) is 0. The van der Waals surface area contributed by atoms with E-state index >= 15 is 0 Å². The summed E-state index contributed by atoms with van der Waals surface area (Å²) in [7, 11) is -3.32. The molecule has 1 rings (SSSR count). The van der Waals surface area contributed by atoms with Crippen LogP contribution in [0, 0.1) is 0 Å². The van der Waals surface area contributed by atoms with Gasteiger partial charge in [-0.3, -0.25) is 0 Å². The monoisotopic (exact) mass is 202 g/mol. The second-order valence-corrected chi connectivity index (χ2v) is 4.21. The van der Waals surface area contributed by atoms with Gasteiger partial charge in [-0.25, -0.2) is 8.42 Å². The van der Waals surface area contributed by atoms with Crippen LogP contribution in [0.2, 0.25) is 0 Å². The molecule has 0 amide bonds. The van der Waals surface area contributed by atoms with Crippen LogP contribution in [-0.4, -0.2) is 8.42 Å². The van der Waals surface area contributed by atoms with Crippen molar-refractivity contribution in [1.29, 1.82) is 0 Å². The molecule has 0 fully saturated rings. The normalized spacial score (nSPS) is 12.1. The Morgan fingerprint density at radius 3 is 2.25 bits per heavy atom. The quantitative estimate of drug-likeness (QED) is 0.737. The predicted octanol–water partition coefficient (Wildman–Crippen LogP) is 2.17. The largest absolute Gasteiger partial charge is 0.219 e. The van der Waals surface area contributed by atoms with Crippen LogP contribution in [0.4, 0.5) is 0 Å². The second kappa shape index (κ2) is 3.74. The van der Waals surface area contributed by atoms with E-state index in [-0.39, 0.29) is 4.90 Å². The van der Waals surface area contributed by atoms with Gasteiger partial charge in [0.05, 0.1) is 4.90 Å². The molecule has 0 N–H and O–H groups in total. The van der Waals surface area contributed by atoms with E-state index in [4.69, 9.17) is 11.6 Å². The maximum atomic E-state index is 11.3. The summed E-state index contributed by atoms with van der Waals surface area (Å²) in [4.78, 5) is 0.252. The molecular weight excluding hydrogens is 196 g/mol. The molecule has 0 heterocycles. The molecule has 0 saturated heterocycles. The molecule has 2 nitrogen and oxygen atoms in total. The number of benzene rings is 1. The lowest BCUT2D eigenvalue weighted by Crippen LogP contribution is -1.94. The van der Waals surface area contributed by atoms with E-state index in [0.29, 0.717) is 0 Å². The van der Waals surface area contributed by atoms with Crippen LogP contribution in [0.25, 0.3) is 0 Å². The summed E-state index contributed by atoms with van der Waals surface area (Å²) in [5.74, 6) is 0. The number of hydrogen-bond donors (Lipinski definition) is 0. The topological polar surface area (TPSA) is 34.1 Å². The first-order valence-electron chi connectivity index (χ1n) is 3.24. The van der Waals surface area contributed by atoms with E-state index < -0.39 is 9.84 Å². The fraction of sp³-hybridized carbons (Fsp3) is 0. The molecular formula is C8H7ClO2S. The summed E-state index contributed by atoms with van der Waals surface area (Å²) in [6, 6.07) is 8.12. The summed E-state index contributed by atoms with van der Waals surface area (Å²) < 4.78 is 22.5. The summed E-state index contributed by atoms with van der Waals surface area (Å²) in [6.45, 7) is 0. The molecule has 1 aromatic carbocycles. The summed E-state index contributed by atoms with van der Waals surface area (Å²) >= 11 is 5.18. The van der Waals surface area contributed by atoms with Crippen LogP contribution in [0.3, 0.4) is 0 Å². The first kappa shape index (κ1) is 9.29. The van der Waals surface area contributed by atoms with E-state index in [0.717, 1.165) is 10.9 Å². The van der Waals surface area contributed by atoms with Gasteiger partial charge in [0.25, 0.3) is 0 Å². The van der Waals surface area contributed by atoms with Gasteiger partial charge in [-0.2, -0.15) is 0 Å². The van der Waals surface area contributed by atoms with Crippen molar-refractivity contribution in [2.45, 2.75) is 4.90 Å². The number of rotatable bonds is 2. The zero-order chi connectivity index (χ0) is 9.03. The van der Waals surface area contributed by atoms with Crippen LogP contribution in [-0.2, 0) is 9.84 Å². The minimum Gasteiger partial charge on any atom is -0.219 e. The van der Waals surface area contributed by atoms with Gasteiger partial charge < -0.3 is 0 Å². The summed E-state index contributed by atoms with van der Waals surface area (Å²) in [5, 5.41) is 0.962. The average molecular weight is 203 g/mol. The summed E-state index contributed by atoms with van der Waals surface area (Å²) in [5.41, 5.74) is 0.988. The van der Waals surface area contributed by atoms with Gasteiger partial charge in [0.1, 0.15) is 0 Å². The van der Waals surface area contributed by atoms with Crippen molar-refractivity contribution in [3.63, 3.8) is 0 Å². The van der Waals surface area contributed by atoms with E-state index in [1.165, 1.54) is 12.1 Å². The van der Waals surface area contributed by atoms with Gasteiger partial charge >= 0.3 is 0 Å². The Labute approximate surface area is 76.4 Å². The molecule has 0 aromatic heterocycles. The number of hydrogen-bond acceptors (Lipinski definition) is 2. The molecule has 0 radical (unpaired) electrons. The molecule has 0 aliphatic heterocycles. The zero-order valence-corrected chi connectivity index (χ0v) is 7.72. The Balaban J connectivity index is 3.16. The Hall–Kier alpha value is -0.800. The van der Waals surface area contributed by atoms with E-state index in [2.05, 4.69) is 0 Å². The van der Waals surface area contributed by atoms with Gasteiger partial charge in [0.15, 0.2) is 0 Å². The highest BCUT2D eigenvalue weighted by Crippen LogP contribution is 2.10. The highest BCUT2D eigenvalue weighted by atomic mass is 35.5. The van der Waals surface area contributed by atoms with E-state index in [9.17, 15) is 8.42 Å². The maximum absolute atomic E-state index is 11.3. The molecule has 0 unspecified atom stereocenters. The predicted molar refractivity (Wildman–Crippen MR) is 48.6 cm³/mol. The van der Waals surface area contributed by atoms with Gasteiger partial charge in [-0.1, -0.05) is 29.8 Å². The standard InChI is InChI=1S/C8H7ClO2S/c9-6-7-12(10,11)8-4-2-1-3-5-8/h1-7H. The first-order valence-corrected chi connectivity index (χ1v) is 5.22. The lowest BCUT2D eigenvalue weighted by molar-refractivity contribution is 0.604. The third kappa shape index (κ3) is 2.09. The van der Waals surface area contributed by atoms with Crippen molar-refractivity contribution in [1.82, 2.24) is 0 Å². The minimum absolute atomic E-state index is 0.252. The first-order chi connectivity index (χ1) is 5.67. The lowest BCUT2D eigenvalue weighted by Gasteiger charge is -1.95. The second-order valence-electron chi connectivity index (χ2n) is 2.12. The molecule has 0 atom stereocenters. The fourth-order valence-corrected chi connectivity index (χ4v) is 1.99. The van der Waals surface area contributed by atoms with Crippen molar-refractivity contribution in [3.05, 3.63) is 41.3 Å². The third-order valence-corrected chi connectivity index (χ3v) is 3.00. The molecule has 0 aliphatic rings. The fourth-order valence-electron chi connectivity index (χ4n) is 0.756. The van der Waals surface area contributed by atoms with Gasteiger partial charge in [0, 0.05) is 10.9 Å². The minimum atomic E-state index is -3.32. The van der Waals surface area contributed by atoms with Gasteiger partial charge in [-0.05, 0) is 12.1 Å². The highest BCUT2D eigenvalue weighted by Gasteiger charge is 2.07. The molecule has 64 valence electrons. The van der Waals surface area contributed by atoms with Crippen molar-refractivity contribution < 1.29 is 8.42 Å². The SMILES string of the molecule is O=S(=O)(C=CCl)c1ccccc1. The van der Waals surface area contributed by atoms with Gasteiger partial charge in [0.2, 0.25) is 9.84 Å².